The van der Waals surface area contributed by atoms with Gasteiger partial charge in [-0.05, 0) is 0 Å². The Bertz CT molecular complexity index is 552. The van der Waals surface area contributed by atoms with Crippen molar-refractivity contribution in [2.45, 2.75) is 29.9 Å². The Kier molecular flexibility index (Phi) is 4.04. The zero-order chi connectivity index (χ0) is 18.8. The maximum absolute atomic E-state index is 13.1. The second-order valence-corrected chi connectivity index (χ2v) is 4.13. The first kappa shape index (κ1) is 19.5. The zero-order valence-corrected chi connectivity index (χ0v) is 9.79. The molecule has 0 saturated carbocycles. The third kappa shape index (κ3) is 2.36. The van der Waals surface area contributed by atoms with Crippen LogP contribution in [0.3, 0.4) is 0 Å². The van der Waals surface area contributed by atoms with Crippen molar-refractivity contribution in [3.05, 3.63) is 23.1 Å². The fourth-order valence-corrected chi connectivity index (χ4v) is 1.53. The fraction of sp³-hybridized carbons (Fsp3) is 0.556. The molecule has 0 nitrogen and oxygen atoms in total. The lowest BCUT2D eigenvalue weighted by Crippen LogP contribution is -2.70. The van der Waals surface area contributed by atoms with Gasteiger partial charge in [-0.3, -0.25) is 0 Å². The molecule has 23 heavy (non-hydrogen) atoms. The van der Waals surface area contributed by atoms with E-state index in [1.807, 2.05) is 0 Å². The van der Waals surface area contributed by atoms with Crippen LogP contribution in [-0.4, -0.2) is 29.9 Å². The number of halogens is 14. The summed E-state index contributed by atoms with van der Waals surface area (Å²) in [5.74, 6) is -17.4. The lowest BCUT2D eigenvalue weighted by molar-refractivity contribution is -0.421. The fourth-order valence-electron chi connectivity index (χ4n) is 1.53. The first-order valence-electron chi connectivity index (χ1n) is 4.90. The van der Waals surface area contributed by atoms with E-state index in [2.05, 4.69) is 0 Å². The van der Waals surface area contributed by atoms with Crippen LogP contribution >= 0.6 is 0 Å². The Morgan fingerprint density at radius 1 is 0.652 bits per heavy atom. The second-order valence-electron chi connectivity index (χ2n) is 4.13. The van der Waals surface area contributed by atoms with Gasteiger partial charge in [0, 0.05) is 0 Å². The molecule has 0 aliphatic heterocycles. The summed E-state index contributed by atoms with van der Waals surface area (Å²) in [5.41, 5.74) is -13.5. The highest BCUT2D eigenvalue weighted by Crippen LogP contribution is 2.64. The van der Waals surface area contributed by atoms with Crippen molar-refractivity contribution in [2.75, 3.05) is 0 Å². The van der Waals surface area contributed by atoms with Crippen molar-refractivity contribution in [2.24, 2.45) is 0 Å². The van der Waals surface area contributed by atoms with Gasteiger partial charge in [-0.1, -0.05) is 0 Å². The van der Waals surface area contributed by atoms with E-state index < -0.39 is 52.9 Å². The Balaban J connectivity index is 3.59. The topological polar surface area (TPSA) is 0 Å². The SMILES string of the molecule is FC(F)=C1C(F)=C1C(F)(F)C(F)(F)C(F)(C(F)(F)F)C(F)(F)F. The van der Waals surface area contributed by atoms with Crippen molar-refractivity contribution in [1.82, 2.24) is 0 Å². The van der Waals surface area contributed by atoms with Crippen LogP contribution in [0.4, 0.5) is 61.5 Å². The van der Waals surface area contributed by atoms with Gasteiger partial charge in [-0.2, -0.15) is 52.7 Å². The molecule has 1 aliphatic rings. The Morgan fingerprint density at radius 2 is 1.00 bits per heavy atom. The molecule has 0 amide bonds. The lowest BCUT2D eigenvalue weighted by atomic mass is 9.89. The molecule has 0 N–H and O–H groups in total. The highest BCUT2D eigenvalue weighted by Gasteiger charge is 2.91. The smallest absolute Gasteiger partial charge is 0.216 e. The molecule has 0 fully saturated rings. The average Bonchev–Trinajstić information content (AvgIpc) is 2.97. The summed E-state index contributed by atoms with van der Waals surface area (Å²) in [4.78, 5) is 0. The van der Waals surface area contributed by atoms with E-state index in [4.69, 9.17) is 0 Å². The molecule has 0 heterocycles. The molecule has 0 spiro atoms. The van der Waals surface area contributed by atoms with Crippen LogP contribution in [0.15, 0.2) is 23.1 Å². The lowest BCUT2D eigenvalue weighted by Gasteiger charge is -2.38. The Hall–Kier alpha value is -1.50. The maximum atomic E-state index is 13.1. The molecule has 1 rings (SSSR count). The second kappa shape index (κ2) is 4.75. The summed E-state index contributed by atoms with van der Waals surface area (Å²) in [5, 5.41) is 0. The van der Waals surface area contributed by atoms with Crippen molar-refractivity contribution in [1.29, 1.82) is 0 Å². The molecule has 0 unspecified atom stereocenters. The largest absolute Gasteiger partial charge is 0.438 e. The third-order valence-electron chi connectivity index (χ3n) is 2.74. The van der Waals surface area contributed by atoms with Crippen LogP contribution in [0.25, 0.3) is 0 Å². The summed E-state index contributed by atoms with van der Waals surface area (Å²) in [6, 6.07) is 0. The van der Waals surface area contributed by atoms with Gasteiger partial charge in [-0.15, -0.1) is 0 Å². The Labute approximate surface area is 116 Å². The van der Waals surface area contributed by atoms with Crippen LogP contribution in [0.5, 0.6) is 0 Å². The zero-order valence-electron chi connectivity index (χ0n) is 9.79. The molecule has 0 aromatic heterocycles. The first-order chi connectivity index (χ1) is 9.85. The van der Waals surface area contributed by atoms with Crippen LogP contribution in [-0.2, 0) is 0 Å². The molecule has 0 radical (unpaired) electrons. The molecule has 0 saturated heterocycles. The van der Waals surface area contributed by atoms with Gasteiger partial charge >= 0.3 is 29.9 Å². The van der Waals surface area contributed by atoms with Crippen LogP contribution in [0.1, 0.15) is 0 Å². The summed E-state index contributed by atoms with van der Waals surface area (Å²) < 4.78 is 174. The van der Waals surface area contributed by atoms with Gasteiger partial charge in [0.1, 0.15) is 5.83 Å². The molecule has 1 aliphatic carbocycles. The number of hydrogen-bond acceptors (Lipinski definition) is 0. The van der Waals surface area contributed by atoms with Crippen molar-refractivity contribution < 1.29 is 61.5 Å². The quantitative estimate of drug-likeness (QED) is 0.574. The molecule has 0 aromatic rings. The summed E-state index contributed by atoms with van der Waals surface area (Å²) in [6.45, 7) is 0. The number of rotatable bonds is 3. The van der Waals surface area contributed by atoms with Crippen LogP contribution < -0.4 is 0 Å². The van der Waals surface area contributed by atoms with Crippen molar-refractivity contribution >= 4 is 0 Å². The van der Waals surface area contributed by atoms with E-state index in [0.29, 0.717) is 0 Å². The molecule has 0 atom stereocenters. The van der Waals surface area contributed by atoms with E-state index in [-0.39, 0.29) is 0 Å². The monoisotopic (exact) mass is 374 g/mol. The van der Waals surface area contributed by atoms with Gasteiger partial charge in [0.05, 0.1) is 11.1 Å². The van der Waals surface area contributed by atoms with Crippen LogP contribution in [0.2, 0.25) is 0 Å². The van der Waals surface area contributed by atoms with Crippen molar-refractivity contribution in [3.8, 4) is 0 Å². The predicted octanol–water partition coefficient (Wildman–Crippen LogP) is 5.48. The van der Waals surface area contributed by atoms with Gasteiger partial charge in [0.15, 0.2) is 0 Å². The van der Waals surface area contributed by atoms with E-state index >= 15 is 0 Å². The minimum Gasteiger partial charge on any atom is -0.216 e. The predicted molar refractivity (Wildman–Crippen MR) is 43.2 cm³/mol. The maximum Gasteiger partial charge on any atom is 0.438 e. The molecule has 134 valence electrons. The molecule has 14 heteroatoms. The number of hydrogen-bond donors (Lipinski definition) is 0. The van der Waals surface area contributed by atoms with E-state index in [9.17, 15) is 61.5 Å². The molecule has 0 aromatic carbocycles. The molecule has 0 bridgehead atoms. The minimum atomic E-state index is -7.82. The number of allylic oxidation sites excluding steroid dienone is 3. The number of alkyl halides is 11. The van der Waals surface area contributed by atoms with Crippen LogP contribution in [0, 0.1) is 0 Å². The third-order valence-corrected chi connectivity index (χ3v) is 2.74. The minimum absolute atomic E-state index is 2.58. The van der Waals surface area contributed by atoms with Gasteiger partial charge in [0.2, 0.25) is 0 Å². The van der Waals surface area contributed by atoms with Gasteiger partial charge < -0.3 is 0 Å². The Morgan fingerprint density at radius 3 is 1.22 bits per heavy atom. The van der Waals surface area contributed by atoms with E-state index in [0.717, 1.165) is 0 Å². The molecular formula is C9F14. The summed E-state index contributed by atoms with van der Waals surface area (Å²) >= 11 is 0. The normalized spacial score (nSPS) is 17.7. The average molecular weight is 374 g/mol. The van der Waals surface area contributed by atoms with Gasteiger partial charge in [-0.25, -0.2) is 8.78 Å². The first-order valence-corrected chi connectivity index (χ1v) is 4.90. The summed E-state index contributed by atoms with van der Waals surface area (Å²) in [6.07, 6.45) is -18.6. The summed E-state index contributed by atoms with van der Waals surface area (Å²) in [7, 11) is 0. The highest BCUT2D eigenvalue weighted by molar-refractivity contribution is 5.67. The van der Waals surface area contributed by atoms with Gasteiger partial charge in [0.25, 0.3) is 6.08 Å². The highest BCUT2D eigenvalue weighted by atomic mass is 19.4. The standard InChI is InChI=1S/C9F14/c10-3-1(4(11)12)2(3)5(13,14)7(16,17)6(15,8(18,19)20)9(21,22)23. The molecular weight excluding hydrogens is 374 g/mol. The van der Waals surface area contributed by atoms with E-state index in [1.54, 1.807) is 0 Å². The van der Waals surface area contributed by atoms with E-state index in [1.165, 1.54) is 0 Å². The van der Waals surface area contributed by atoms with Crippen molar-refractivity contribution in [3.63, 3.8) is 0 Å².